The van der Waals surface area contributed by atoms with Gasteiger partial charge in [0.1, 0.15) is 0 Å². The molecular weight excluding hydrogens is 414 g/mol. The number of rotatable bonds is 2. The van der Waals surface area contributed by atoms with E-state index in [9.17, 15) is 14.4 Å². The summed E-state index contributed by atoms with van der Waals surface area (Å²) in [4.78, 5) is 44.2. The average molecular weight is 438 g/mol. The number of nitrogens with one attached hydrogen (secondary N) is 2. The normalized spacial score (nSPS) is 14.0. The second-order valence-electron chi connectivity index (χ2n) is 7.63. The van der Waals surface area contributed by atoms with Gasteiger partial charge in [-0.25, -0.2) is 4.79 Å². The SMILES string of the molecule is Cc1cccc(NC(=O)N2CCN(C(=O)c3ccc4c(=O)n(C)c(=S)[nH]c4c3)CC2)c1. The van der Waals surface area contributed by atoms with E-state index in [-0.39, 0.29) is 17.5 Å². The zero-order chi connectivity index (χ0) is 22.1. The molecule has 0 radical (unpaired) electrons. The number of amides is 3. The van der Waals surface area contributed by atoms with Crippen LogP contribution in [0.5, 0.6) is 0 Å². The van der Waals surface area contributed by atoms with Crippen LogP contribution in [0, 0.1) is 11.7 Å². The van der Waals surface area contributed by atoms with Gasteiger partial charge in [-0.15, -0.1) is 0 Å². The first-order valence-corrected chi connectivity index (χ1v) is 10.4. The molecule has 1 fully saturated rings. The Bertz CT molecular complexity index is 1290. The van der Waals surface area contributed by atoms with Gasteiger partial charge < -0.3 is 20.1 Å². The van der Waals surface area contributed by atoms with Crippen molar-refractivity contribution in [3.8, 4) is 0 Å². The highest BCUT2D eigenvalue weighted by atomic mass is 32.1. The molecule has 0 saturated carbocycles. The third kappa shape index (κ3) is 4.22. The molecule has 0 unspecified atom stereocenters. The van der Waals surface area contributed by atoms with Crippen LogP contribution in [-0.2, 0) is 7.05 Å². The lowest BCUT2D eigenvalue weighted by Crippen LogP contribution is -2.51. The second-order valence-corrected chi connectivity index (χ2v) is 8.02. The third-order valence-electron chi connectivity index (χ3n) is 5.47. The number of hydrogen-bond acceptors (Lipinski definition) is 4. The molecule has 9 heteroatoms. The van der Waals surface area contributed by atoms with Gasteiger partial charge in [-0.2, -0.15) is 0 Å². The summed E-state index contributed by atoms with van der Waals surface area (Å²) in [6, 6.07) is 12.4. The van der Waals surface area contributed by atoms with Crippen molar-refractivity contribution in [1.82, 2.24) is 19.4 Å². The molecule has 31 heavy (non-hydrogen) atoms. The van der Waals surface area contributed by atoms with E-state index < -0.39 is 0 Å². The number of piperazine rings is 1. The van der Waals surface area contributed by atoms with Gasteiger partial charge in [0.2, 0.25) is 0 Å². The lowest BCUT2D eigenvalue weighted by atomic mass is 10.1. The Labute approximate surface area is 184 Å². The monoisotopic (exact) mass is 437 g/mol. The molecule has 2 heterocycles. The van der Waals surface area contributed by atoms with Crippen molar-refractivity contribution in [3.63, 3.8) is 0 Å². The maximum Gasteiger partial charge on any atom is 0.321 e. The number of carbonyl (C=O) groups is 2. The van der Waals surface area contributed by atoms with E-state index >= 15 is 0 Å². The van der Waals surface area contributed by atoms with Gasteiger partial charge in [-0.3, -0.25) is 14.2 Å². The molecule has 0 aliphatic carbocycles. The fraction of sp³-hybridized carbons (Fsp3) is 0.273. The minimum atomic E-state index is -0.203. The van der Waals surface area contributed by atoms with Crippen LogP contribution in [0.25, 0.3) is 10.9 Å². The molecule has 1 saturated heterocycles. The largest absolute Gasteiger partial charge is 0.335 e. The number of aryl methyl sites for hydroxylation is 1. The molecule has 8 nitrogen and oxygen atoms in total. The van der Waals surface area contributed by atoms with E-state index in [0.717, 1.165) is 11.3 Å². The minimum absolute atomic E-state index is 0.138. The van der Waals surface area contributed by atoms with Crippen molar-refractivity contribution < 1.29 is 9.59 Å². The van der Waals surface area contributed by atoms with Gasteiger partial charge in [0.15, 0.2) is 4.77 Å². The van der Waals surface area contributed by atoms with Gasteiger partial charge in [-0.05, 0) is 55.0 Å². The Kier molecular flexibility index (Phi) is 5.60. The van der Waals surface area contributed by atoms with Crippen LogP contribution < -0.4 is 10.9 Å². The Morgan fingerprint density at radius 3 is 2.45 bits per heavy atom. The predicted octanol–water partition coefficient (Wildman–Crippen LogP) is 2.89. The number of urea groups is 1. The molecule has 2 aromatic carbocycles. The molecule has 160 valence electrons. The van der Waals surface area contributed by atoms with Crippen molar-refractivity contribution in [1.29, 1.82) is 0 Å². The molecule has 4 rings (SSSR count). The first kappa shape index (κ1) is 20.8. The number of fused-ring (bicyclic) bond motifs is 1. The molecule has 3 aromatic rings. The highest BCUT2D eigenvalue weighted by Gasteiger charge is 2.25. The third-order valence-corrected chi connectivity index (χ3v) is 5.85. The Morgan fingerprint density at radius 2 is 1.74 bits per heavy atom. The van der Waals surface area contributed by atoms with E-state index in [0.29, 0.717) is 47.4 Å². The van der Waals surface area contributed by atoms with E-state index in [2.05, 4.69) is 10.3 Å². The summed E-state index contributed by atoms with van der Waals surface area (Å²) < 4.78 is 1.66. The quantitative estimate of drug-likeness (QED) is 0.603. The Hall–Kier alpha value is -3.46. The molecule has 1 aliphatic rings. The molecular formula is C22H23N5O3S. The first-order valence-electron chi connectivity index (χ1n) is 9.98. The minimum Gasteiger partial charge on any atom is -0.335 e. The standard InChI is InChI=1S/C22H23N5O3S/c1-14-4-3-5-16(12-14)23-21(30)27-10-8-26(9-11-27)19(28)15-6-7-17-18(13-15)24-22(31)25(2)20(17)29/h3-7,12-13H,8-11H2,1-2H3,(H,23,30)(H,24,31). The highest BCUT2D eigenvalue weighted by molar-refractivity contribution is 7.71. The molecule has 1 aliphatic heterocycles. The number of carbonyl (C=O) groups excluding carboxylic acids is 2. The van der Waals surface area contributed by atoms with Crippen molar-refractivity contribution in [2.45, 2.75) is 6.92 Å². The predicted molar refractivity (Wildman–Crippen MR) is 122 cm³/mol. The zero-order valence-electron chi connectivity index (χ0n) is 17.3. The molecule has 0 atom stereocenters. The van der Waals surface area contributed by atoms with Crippen molar-refractivity contribution >= 4 is 40.7 Å². The fourth-order valence-corrected chi connectivity index (χ4v) is 3.85. The van der Waals surface area contributed by atoms with E-state index in [1.54, 1.807) is 35.0 Å². The second kappa shape index (κ2) is 8.35. The highest BCUT2D eigenvalue weighted by Crippen LogP contribution is 2.15. The van der Waals surface area contributed by atoms with E-state index in [1.165, 1.54) is 4.57 Å². The Morgan fingerprint density at radius 1 is 1.03 bits per heavy atom. The van der Waals surface area contributed by atoms with Crippen LogP contribution in [0.3, 0.4) is 0 Å². The lowest BCUT2D eigenvalue weighted by molar-refractivity contribution is 0.0672. The van der Waals surface area contributed by atoms with Crippen molar-refractivity contribution in [3.05, 3.63) is 68.7 Å². The van der Waals surface area contributed by atoms with Crippen LogP contribution in [0.4, 0.5) is 10.5 Å². The maximum absolute atomic E-state index is 13.0. The molecule has 1 aromatic heterocycles. The Balaban J connectivity index is 1.43. The van der Waals surface area contributed by atoms with Crippen LogP contribution in [-0.4, -0.2) is 57.5 Å². The van der Waals surface area contributed by atoms with Crippen molar-refractivity contribution in [2.24, 2.45) is 7.05 Å². The van der Waals surface area contributed by atoms with Crippen molar-refractivity contribution in [2.75, 3.05) is 31.5 Å². The average Bonchev–Trinajstić information content (AvgIpc) is 2.77. The number of hydrogen-bond donors (Lipinski definition) is 2. The van der Waals surface area contributed by atoms with Crippen LogP contribution in [0.15, 0.2) is 47.3 Å². The lowest BCUT2D eigenvalue weighted by Gasteiger charge is -2.34. The van der Waals surface area contributed by atoms with Gasteiger partial charge in [0.25, 0.3) is 11.5 Å². The van der Waals surface area contributed by atoms with Crippen LogP contribution in [0.1, 0.15) is 15.9 Å². The maximum atomic E-state index is 13.0. The number of H-pyrrole nitrogens is 1. The zero-order valence-corrected chi connectivity index (χ0v) is 18.2. The first-order chi connectivity index (χ1) is 14.8. The summed E-state index contributed by atoms with van der Waals surface area (Å²) in [5.74, 6) is -0.138. The number of aromatic amines is 1. The summed E-state index contributed by atoms with van der Waals surface area (Å²) >= 11 is 5.16. The molecule has 2 N–H and O–H groups in total. The number of benzene rings is 2. The van der Waals surface area contributed by atoms with Gasteiger partial charge >= 0.3 is 6.03 Å². The fourth-order valence-electron chi connectivity index (χ4n) is 3.66. The summed E-state index contributed by atoms with van der Waals surface area (Å²) in [6.07, 6.45) is 0. The summed E-state index contributed by atoms with van der Waals surface area (Å²) in [6.45, 7) is 3.73. The molecule has 3 amide bonds. The number of nitrogens with zero attached hydrogens (tertiary/aromatic N) is 3. The van der Waals surface area contributed by atoms with Gasteiger partial charge in [0, 0.05) is 44.5 Å². The van der Waals surface area contributed by atoms with Crippen LogP contribution >= 0.6 is 12.2 Å². The van der Waals surface area contributed by atoms with Crippen LogP contribution in [0.2, 0.25) is 0 Å². The molecule has 0 spiro atoms. The summed E-state index contributed by atoms with van der Waals surface area (Å²) in [5.41, 5.74) is 2.63. The summed E-state index contributed by atoms with van der Waals surface area (Å²) in [5, 5.41) is 3.38. The number of anilines is 1. The van der Waals surface area contributed by atoms with Gasteiger partial charge in [-0.1, -0.05) is 12.1 Å². The van der Waals surface area contributed by atoms with E-state index in [4.69, 9.17) is 12.2 Å². The smallest absolute Gasteiger partial charge is 0.321 e. The molecule has 0 bridgehead atoms. The topological polar surface area (TPSA) is 90.4 Å². The summed E-state index contributed by atoms with van der Waals surface area (Å²) in [7, 11) is 1.61. The van der Waals surface area contributed by atoms with Gasteiger partial charge in [0.05, 0.1) is 10.9 Å². The number of aromatic nitrogens is 2. The van der Waals surface area contributed by atoms with E-state index in [1.807, 2.05) is 31.2 Å².